The monoisotopic (exact) mass is 254 g/mol. The van der Waals surface area contributed by atoms with Crippen molar-refractivity contribution >= 4 is 11.9 Å². The first-order valence-electron chi connectivity index (χ1n) is 5.01. The lowest BCUT2D eigenvalue weighted by molar-refractivity contribution is 0.0594. The molecule has 0 heterocycles. The molecule has 0 bridgehead atoms. The highest BCUT2D eigenvalue weighted by molar-refractivity contribution is 5.99. The molecular weight excluding hydrogens is 240 g/mol. The molecule has 6 nitrogen and oxygen atoms in total. The Morgan fingerprint density at radius 1 is 0.778 bits per heavy atom. The molecular formula is C12H14O6. The first-order chi connectivity index (χ1) is 8.58. The predicted octanol–water partition coefficient (Wildman–Crippen LogP) is 1.28. The van der Waals surface area contributed by atoms with Crippen LogP contribution in [0.2, 0.25) is 0 Å². The predicted molar refractivity (Wildman–Crippen MR) is 62.2 cm³/mol. The minimum absolute atomic E-state index is 0.126. The molecule has 18 heavy (non-hydrogen) atoms. The summed E-state index contributed by atoms with van der Waals surface area (Å²) in [7, 11) is 5.28. The number of methoxy groups -OCH3 is 4. The highest BCUT2D eigenvalue weighted by atomic mass is 16.5. The molecule has 0 amide bonds. The minimum atomic E-state index is -0.611. The fourth-order valence-electron chi connectivity index (χ4n) is 1.44. The molecule has 6 heteroatoms. The zero-order chi connectivity index (χ0) is 13.7. The van der Waals surface area contributed by atoms with Crippen LogP contribution in [0.1, 0.15) is 20.7 Å². The third-order valence-corrected chi connectivity index (χ3v) is 2.33. The van der Waals surface area contributed by atoms with Gasteiger partial charge < -0.3 is 18.9 Å². The Labute approximate surface area is 104 Å². The second-order valence-electron chi connectivity index (χ2n) is 3.24. The molecule has 0 atom stereocenters. The highest BCUT2D eigenvalue weighted by Crippen LogP contribution is 2.30. The number of hydrogen-bond acceptors (Lipinski definition) is 6. The summed E-state index contributed by atoms with van der Waals surface area (Å²) >= 11 is 0. The molecule has 1 aromatic rings. The molecule has 0 unspecified atom stereocenters. The van der Waals surface area contributed by atoms with Crippen molar-refractivity contribution < 1.29 is 28.5 Å². The number of ether oxygens (including phenoxy) is 4. The molecule has 0 saturated heterocycles. The fraction of sp³-hybridized carbons (Fsp3) is 0.333. The van der Waals surface area contributed by atoms with Gasteiger partial charge in [0.15, 0.2) is 0 Å². The van der Waals surface area contributed by atoms with Gasteiger partial charge in [0, 0.05) is 6.07 Å². The molecule has 0 aromatic heterocycles. The van der Waals surface area contributed by atoms with Crippen LogP contribution in [0.3, 0.4) is 0 Å². The van der Waals surface area contributed by atoms with Crippen LogP contribution in [-0.4, -0.2) is 40.4 Å². The van der Waals surface area contributed by atoms with Crippen molar-refractivity contribution in [2.45, 2.75) is 0 Å². The number of esters is 2. The largest absolute Gasteiger partial charge is 0.496 e. The van der Waals surface area contributed by atoms with E-state index in [2.05, 4.69) is 9.47 Å². The van der Waals surface area contributed by atoms with E-state index < -0.39 is 11.9 Å². The van der Waals surface area contributed by atoms with Crippen LogP contribution in [0.4, 0.5) is 0 Å². The summed E-state index contributed by atoms with van der Waals surface area (Å²) in [5.41, 5.74) is 0.252. The Kier molecular flexibility index (Phi) is 4.53. The van der Waals surface area contributed by atoms with Gasteiger partial charge in [-0.05, 0) is 6.07 Å². The quantitative estimate of drug-likeness (QED) is 0.754. The molecule has 0 aliphatic rings. The number of benzene rings is 1. The summed E-state index contributed by atoms with van der Waals surface area (Å²) in [6.45, 7) is 0. The minimum Gasteiger partial charge on any atom is -0.496 e. The molecule has 0 spiro atoms. The van der Waals surface area contributed by atoms with Crippen LogP contribution in [0.5, 0.6) is 11.5 Å². The lowest BCUT2D eigenvalue weighted by Gasteiger charge is -2.12. The molecule has 0 fully saturated rings. The lowest BCUT2D eigenvalue weighted by atomic mass is 10.1. The Morgan fingerprint density at radius 2 is 1.17 bits per heavy atom. The summed E-state index contributed by atoms with van der Waals surface area (Å²) in [4.78, 5) is 23.1. The molecule has 0 N–H and O–H groups in total. The summed E-state index contributed by atoms with van der Waals surface area (Å²) < 4.78 is 19.3. The van der Waals surface area contributed by atoms with Crippen molar-refractivity contribution in [3.8, 4) is 11.5 Å². The molecule has 0 aliphatic carbocycles. The van der Waals surface area contributed by atoms with Gasteiger partial charge in [-0.1, -0.05) is 0 Å². The van der Waals surface area contributed by atoms with Gasteiger partial charge in [-0.3, -0.25) is 0 Å². The number of hydrogen-bond donors (Lipinski definition) is 0. The van der Waals surface area contributed by atoms with E-state index >= 15 is 0 Å². The van der Waals surface area contributed by atoms with Gasteiger partial charge in [-0.25, -0.2) is 9.59 Å². The van der Waals surface area contributed by atoms with E-state index in [0.717, 1.165) is 0 Å². The third-order valence-electron chi connectivity index (χ3n) is 2.33. The second kappa shape index (κ2) is 5.90. The standard InChI is InChI=1S/C12H14O6/c1-15-9-6-10(16-2)8(12(14)18-4)5-7(9)11(13)17-3/h5-6H,1-4H3. The van der Waals surface area contributed by atoms with Gasteiger partial charge in [-0.2, -0.15) is 0 Å². The van der Waals surface area contributed by atoms with Crippen molar-refractivity contribution in [1.82, 2.24) is 0 Å². The third kappa shape index (κ3) is 2.53. The maximum Gasteiger partial charge on any atom is 0.341 e. The van der Waals surface area contributed by atoms with Crippen LogP contribution < -0.4 is 9.47 Å². The summed E-state index contributed by atoms with van der Waals surface area (Å²) in [5, 5.41) is 0. The van der Waals surface area contributed by atoms with E-state index in [4.69, 9.17) is 9.47 Å². The first-order valence-corrected chi connectivity index (χ1v) is 5.01. The topological polar surface area (TPSA) is 71.1 Å². The zero-order valence-electron chi connectivity index (χ0n) is 10.6. The van der Waals surface area contributed by atoms with Crippen molar-refractivity contribution in [2.75, 3.05) is 28.4 Å². The van der Waals surface area contributed by atoms with Gasteiger partial charge in [-0.15, -0.1) is 0 Å². The fourth-order valence-corrected chi connectivity index (χ4v) is 1.44. The summed E-state index contributed by atoms with van der Waals surface area (Å²) in [6.07, 6.45) is 0. The zero-order valence-corrected chi connectivity index (χ0v) is 10.6. The smallest absolute Gasteiger partial charge is 0.341 e. The second-order valence-corrected chi connectivity index (χ2v) is 3.24. The molecule has 1 aromatic carbocycles. The molecule has 1 rings (SSSR count). The average molecular weight is 254 g/mol. The Balaban J connectivity index is 3.43. The Hall–Kier alpha value is -2.24. The number of rotatable bonds is 4. The normalized spacial score (nSPS) is 9.56. The molecule has 98 valence electrons. The SMILES string of the molecule is COC(=O)c1cc(C(=O)OC)c(OC)cc1OC. The van der Waals surface area contributed by atoms with Crippen molar-refractivity contribution in [1.29, 1.82) is 0 Å². The molecule has 0 saturated carbocycles. The van der Waals surface area contributed by atoms with Gasteiger partial charge in [0.2, 0.25) is 0 Å². The van der Waals surface area contributed by atoms with E-state index in [0.29, 0.717) is 0 Å². The van der Waals surface area contributed by atoms with Gasteiger partial charge in [0.25, 0.3) is 0 Å². The van der Waals surface area contributed by atoms with Gasteiger partial charge >= 0.3 is 11.9 Å². The Bertz CT molecular complexity index is 427. The average Bonchev–Trinajstić information content (AvgIpc) is 2.43. The van der Waals surface area contributed by atoms with Crippen LogP contribution in [-0.2, 0) is 9.47 Å². The first kappa shape index (κ1) is 13.8. The highest BCUT2D eigenvalue weighted by Gasteiger charge is 2.21. The number of carbonyl (C=O) groups is 2. The van der Waals surface area contributed by atoms with E-state index in [-0.39, 0.29) is 22.6 Å². The van der Waals surface area contributed by atoms with Gasteiger partial charge in [0.05, 0.1) is 28.4 Å². The number of carbonyl (C=O) groups excluding carboxylic acids is 2. The summed E-state index contributed by atoms with van der Waals surface area (Å²) in [6, 6.07) is 2.74. The van der Waals surface area contributed by atoms with E-state index in [1.807, 2.05) is 0 Å². The molecule has 0 aliphatic heterocycles. The maximum atomic E-state index is 11.6. The van der Waals surface area contributed by atoms with Crippen LogP contribution in [0, 0.1) is 0 Å². The van der Waals surface area contributed by atoms with Crippen molar-refractivity contribution in [3.63, 3.8) is 0 Å². The van der Waals surface area contributed by atoms with Crippen LogP contribution in [0.25, 0.3) is 0 Å². The van der Waals surface area contributed by atoms with Crippen LogP contribution in [0.15, 0.2) is 12.1 Å². The van der Waals surface area contributed by atoms with Gasteiger partial charge in [0.1, 0.15) is 22.6 Å². The Morgan fingerprint density at radius 3 is 1.44 bits per heavy atom. The molecule has 0 radical (unpaired) electrons. The van der Waals surface area contributed by atoms with Crippen molar-refractivity contribution in [2.24, 2.45) is 0 Å². The van der Waals surface area contributed by atoms with E-state index in [1.165, 1.54) is 40.6 Å². The van der Waals surface area contributed by atoms with E-state index in [1.54, 1.807) is 0 Å². The van der Waals surface area contributed by atoms with E-state index in [9.17, 15) is 9.59 Å². The van der Waals surface area contributed by atoms with Crippen LogP contribution >= 0.6 is 0 Å². The maximum absolute atomic E-state index is 11.6. The van der Waals surface area contributed by atoms with Crippen molar-refractivity contribution in [3.05, 3.63) is 23.3 Å². The summed E-state index contributed by atoms with van der Waals surface area (Å²) in [5.74, 6) is -0.711. The lowest BCUT2D eigenvalue weighted by Crippen LogP contribution is -2.10.